The van der Waals surface area contributed by atoms with Crippen LogP contribution < -0.4 is 5.32 Å². The second-order valence-electron chi connectivity index (χ2n) is 7.80. The summed E-state index contributed by atoms with van der Waals surface area (Å²) < 4.78 is 11.9. The summed E-state index contributed by atoms with van der Waals surface area (Å²) in [5.41, 5.74) is 4.41. The summed E-state index contributed by atoms with van der Waals surface area (Å²) in [7, 11) is 0. The van der Waals surface area contributed by atoms with Crippen LogP contribution in [-0.4, -0.2) is 38.2 Å². The molecule has 0 fully saturated rings. The second kappa shape index (κ2) is 8.43. The summed E-state index contributed by atoms with van der Waals surface area (Å²) in [6.07, 6.45) is 2.68. The van der Waals surface area contributed by atoms with Crippen LogP contribution in [0.25, 0.3) is 27.8 Å². The van der Waals surface area contributed by atoms with Gasteiger partial charge in [-0.1, -0.05) is 18.2 Å². The van der Waals surface area contributed by atoms with Crippen molar-refractivity contribution in [1.82, 2.24) is 19.7 Å². The van der Waals surface area contributed by atoms with Crippen LogP contribution in [0.1, 0.15) is 38.8 Å². The van der Waals surface area contributed by atoms with Crippen molar-refractivity contribution in [2.75, 3.05) is 11.9 Å². The van der Waals surface area contributed by atoms with Gasteiger partial charge in [0.25, 0.3) is 5.91 Å². The third-order valence-corrected chi connectivity index (χ3v) is 5.54. The first-order valence-electron chi connectivity index (χ1n) is 10.7. The molecule has 170 valence electrons. The molecule has 0 saturated heterocycles. The van der Waals surface area contributed by atoms with Crippen molar-refractivity contribution in [3.63, 3.8) is 0 Å². The minimum absolute atomic E-state index is 0.127. The van der Waals surface area contributed by atoms with Gasteiger partial charge in [0.2, 0.25) is 0 Å². The number of fused-ring (bicyclic) bond motifs is 2. The van der Waals surface area contributed by atoms with Gasteiger partial charge in [0.05, 0.1) is 18.3 Å². The molecule has 5 rings (SSSR count). The number of amides is 1. The highest BCUT2D eigenvalue weighted by Gasteiger charge is 2.23. The van der Waals surface area contributed by atoms with Crippen LogP contribution in [0.4, 0.5) is 5.82 Å². The number of carbonyl (C=O) groups is 2. The minimum Gasteiger partial charge on any atom is -0.462 e. The lowest BCUT2D eigenvalue weighted by Crippen LogP contribution is -2.18. The van der Waals surface area contributed by atoms with E-state index in [1.165, 1.54) is 17.3 Å². The highest BCUT2D eigenvalue weighted by atomic mass is 16.5. The lowest BCUT2D eigenvalue weighted by molar-refractivity contribution is 0.0527. The number of nitrogens with one attached hydrogen (secondary N) is 1. The maximum absolute atomic E-state index is 13.1. The molecule has 0 spiro atoms. The fraction of sp³-hybridized carbons (Fsp3) is 0.160. The van der Waals surface area contributed by atoms with E-state index in [0.717, 1.165) is 22.0 Å². The Bertz CT molecular complexity index is 1570. The molecule has 0 atom stereocenters. The molecule has 9 heteroatoms. The Labute approximate surface area is 194 Å². The fourth-order valence-corrected chi connectivity index (χ4v) is 3.83. The Morgan fingerprint density at radius 3 is 2.79 bits per heavy atom. The molecule has 3 aromatic heterocycles. The van der Waals surface area contributed by atoms with Gasteiger partial charge in [-0.05, 0) is 56.2 Å². The van der Waals surface area contributed by atoms with Crippen molar-refractivity contribution in [3.05, 3.63) is 77.3 Å². The van der Waals surface area contributed by atoms with Gasteiger partial charge in [-0.15, -0.1) is 0 Å². The summed E-state index contributed by atoms with van der Waals surface area (Å²) in [5, 5.41) is 8.20. The molecule has 0 unspecified atom stereocenters. The van der Waals surface area contributed by atoms with Crippen LogP contribution in [0.3, 0.4) is 0 Å². The van der Waals surface area contributed by atoms with E-state index >= 15 is 0 Å². The molecule has 0 bridgehead atoms. The number of hydrogen-bond acceptors (Lipinski definition) is 7. The van der Waals surface area contributed by atoms with E-state index in [4.69, 9.17) is 14.1 Å². The topological polar surface area (TPSA) is 112 Å². The number of esters is 1. The molecule has 0 aliphatic rings. The predicted octanol–water partition coefficient (Wildman–Crippen LogP) is 4.61. The molecule has 9 nitrogen and oxygen atoms in total. The Hall–Kier alpha value is -4.53. The lowest BCUT2D eigenvalue weighted by atomic mass is 10.1. The van der Waals surface area contributed by atoms with E-state index in [1.807, 2.05) is 38.1 Å². The molecular weight excluding hydrogens is 434 g/mol. The monoisotopic (exact) mass is 455 g/mol. The van der Waals surface area contributed by atoms with Gasteiger partial charge in [-0.3, -0.25) is 4.79 Å². The number of oxazole rings is 1. The van der Waals surface area contributed by atoms with Gasteiger partial charge in [-0.2, -0.15) is 9.78 Å². The summed E-state index contributed by atoms with van der Waals surface area (Å²) in [5.74, 6) is -0.392. The van der Waals surface area contributed by atoms with Crippen molar-refractivity contribution in [3.8, 4) is 5.82 Å². The largest absolute Gasteiger partial charge is 0.462 e. The van der Waals surface area contributed by atoms with Crippen LogP contribution >= 0.6 is 0 Å². The Morgan fingerprint density at radius 2 is 1.97 bits per heavy atom. The van der Waals surface area contributed by atoms with Crippen LogP contribution in [-0.2, 0) is 4.74 Å². The molecule has 0 radical (unpaired) electrons. The highest BCUT2D eigenvalue weighted by molar-refractivity contribution is 6.08. The van der Waals surface area contributed by atoms with E-state index in [-0.39, 0.29) is 18.0 Å². The fourth-order valence-electron chi connectivity index (χ4n) is 3.83. The Balaban J connectivity index is 1.61. The number of carbonyl (C=O) groups excluding carboxylic acids is 2. The highest BCUT2D eigenvalue weighted by Crippen LogP contribution is 2.26. The molecule has 2 aromatic carbocycles. The molecule has 0 saturated carbocycles. The number of hydrogen-bond donors (Lipinski definition) is 1. The van der Waals surface area contributed by atoms with Gasteiger partial charge in [-0.25, -0.2) is 14.8 Å². The number of aryl methyl sites for hydroxylation is 2. The Morgan fingerprint density at radius 1 is 1.12 bits per heavy atom. The van der Waals surface area contributed by atoms with Gasteiger partial charge in [0.15, 0.2) is 23.6 Å². The zero-order valence-electron chi connectivity index (χ0n) is 18.8. The van der Waals surface area contributed by atoms with E-state index in [2.05, 4.69) is 15.4 Å². The molecule has 0 aliphatic carbocycles. The molecule has 3 heterocycles. The molecule has 0 aliphatic heterocycles. The first-order chi connectivity index (χ1) is 16.5. The van der Waals surface area contributed by atoms with Crippen LogP contribution in [0.15, 0.2) is 59.5 Å². The van der Waals surface area contributed by atoms with Gasteiger partial charge in [0.1, 0.15) is 11.1 Å². The van der Waals surface area contributed by atoms with E-state index in [0.29, 0.717) is 22.5 Å². The predicted molar refractivity (Wildman–Crippen MR) is 126 cm³/mol. The van der Waals surface area contributed by atoms with Crippen molar-refractivity contribution in [2.24, 2.45) is 0 Å². The zero-order valence-corrected chi connectivity index (χ0v) is 18.8. The number of para-hydroxylation sites is 1. The van der Waals surface area contributed by atoms with Gasteiger partial charge in [0, 0.05) is 10.9 Å². The average molecular weight is 455 g/mol. The number of benzene rings is 2. The third-order valence-electron chi connectivity index (χ3n) is 5.54. The molecule has 5 aromatic rings. The number of anilines is 1. The number of pyridine rings is 1. The van der Waals surface area contributed by atoms with Crippen molar-refractivity contribution >= 4 is 39.7 Å². The van der Waals surface area contributed by atoms with E-state index < -0.39 is 11.9 Å². The average Bonchev–Trinajstić information content (AvgIpc) is 3.46. The molecule has 1 amide bonds. The van der Waals surface area contributed by atoms with Gasteiger partial charge >= 0.3 is 5.97 Å². The maximum Gasteiger partial charge on any atom is 0.343 e. The first kappa shape index (κ1) is 21.3. The van der Waals surface area contributed by atoms with Crippen molar-refractivity contribution in [2.45, 2.75) is 20.8 Å². The summed E-state index contributed by atoms with van der Waals surface area (Å²) in [6, 6.07) is 12.7. The SMILES string of the molecule is CCOC(=O)c1cnn(-c2cc(C)c3cccc(C)c3n2)c1NC(=O)c1ccc2ocnc2c1. The number of rotatable bonds is 5. The van der Waals surface area contributed by atoms with E-state index in [9.17, 15) is 9.59 Å². The van der Waals surface area contributed by atoms with Crippen LogP contribution in [0.2, 0.25) is 0 Å². The minimum atomic E-state index is -0.593. The standard InChI is InChI=1S/C25H21N5O4/c1-4-33-25(32)18-12-27-30(21-10-15(3)17-7-5-6-14(2)22(17)28-21)23(18)29-24(31)16-8-9-20-19(11-16)26-13-34-20/h5-13H,4H2,1-3H3,(H,29,31). The van der Waals surface area contributed by atoms with Crippen LogP contribution in [0.5, 0.6) is 0 Å². The normalized spacial score (nSPS) is 11.1. The second-order valence-corrected chi connectivity index (χ2v) is 7.80. The van der Waals surface area contributed by atoms with E-state index in [1.54, 1.807) is 25.1 Å². The first-order valence-corrected chi connectivity index (χ1v) is 10.7. The maximum atomic E-state index is 13.1. The molecule has 1 N–H and O–H groups in total. The van der Waals surface area contributed by atoms with Crippen molar-refractivity contribution in [1.29, 1.82) is 0 Å². The smallest absolute Gasteiger partial charge is 0.343 e. The van der Waals surface area contributed by atoms with Crippen LogP contribution in [0, 0.1) is 13.8 Å². The molecule has 34 heavy (non-hydrogen) atoms. The third kappa shape index (κ3) is 3.66. The Kier molecular flexibility index (Phi) is 5.29. The summed E-state index contributed by atoms with van der Waals surface area (Å²) in [4.78, 5) is 34.6. The molecular formula is C25H21N5O4. The number of aromatic nitrogens is 4. The number of nitrogens with zero attached hydrogens (tertiary/aromatic N) is 4. The number of ether oxygens (including phenoxy) is 1. The summed E-state index contributed by atoms with van der Waals surface area (Å²) in [6.45, 7) is 5.86. The zero-order chi connectivity index (χ0) is 23.8. The van der Waals surface area contributed by atoms with Gasteiger partial charge < -0.3 is 14.5 Å². The van der Waals surface area contributed by atoms with Crippen molar-refractivity contribution < 1.29 is 18.7 Å². The summed E-state index contributed by atoms with van der Waals surface area (Å²) >= 11 is 0. The quantitative estimate of drug-likeness (QED) is 0.385. The lowest BCUT2D eigenvalue weighted by Gasteiger charge is -2.13.